The van der Waals surface area contributed by atoms with E-state index < -0.39 is 0 Å². The molecule has 19 heavy (non-hydrogen) atoms. The van der Waals surface area contributed by atoms with E-state index in [4.69, 9.17) is 0 Å². The molecular formula is C19H18. The molecule has 0 amide bonds. The molecule has 0 heteroatoms. The predicted octanol–water partition coefficient (Wildman–Crippen LogP) is 5.48. The minimum absolute atomic E-state index is 1.32. The maximum absolute atomic E-state index is 2.23. The van der Waals surface area contributed by atoms with E-state index in [0.29, 0.717) is 0 Å². The zero-order chi connectivity index (χ0) is 13.4. The minimum Gasteiger partial charge on any atom is -0.0616 e. The van der Waals surface area contributed by atoms with E-state index in [2.05, 4.69) is 75.4 Å². The van der Waals surface area contributed by atoms with Crippen LogP contribution in [0.1, 0.15) is 30.5 Å². The van der Waals surface area contributed by atoms with Gasteiger partial charge in [-0.1, -0.05) is 54.6 Å². The van der Waals surface area contributed by atoms with Crippen molar-refractivity contribution < 1.29 is 0 Å². The van der Waals surface area contributed by atoms with Crippen molar-refractivity contribution in [1.29, 1.82) is 0 Å². The maximum atomic E-state index is 2.23. The van der Waals surface area contributed by atoms with Crippen molar-refractivity contribution in [2.24, 2.45) is 0 Å². The van der Waals surface area contributed by atoms with Crippen LogP contribution in [-0.4, -0.2) is 0 Å². The highest BCUT2D eigenvalue weighted by molar-refractivity contribution is 5.87. The Labute approximate surface area is 115 Å². The second-order valence-corrected chi connectivity index (χ2v) is 5.22. The summed E-state index contributed by atoms with van der Waals surface area (Å²) >= 11 is 0. The Morgan fingerprint density at radius 2 is 1.05 bits per heavy atom. The molecule has 2 aromatic carbocycles. The fourth-order valence-corrected chi connectivity index (χ4v) is 2.85. The molecule has 0 N–H and O–H groups in total. The number of fused-ring (bicyclic) bond motifs is 4. The van der Waals surface area contributed by atoms with Gasteiger partial charge in [0.1, 0.15) is 0 Å². The fourth-order valence-electron chi connectivity index (χ4n) is 2.85. The molecule has 0 radical (unpaired) electrons. The zero-order valence-electron chi connectivity index (χ0n) is 11.7. The first kappa shape index (κ1) is 12.0. The molecule has 0 fully saturated rings. The lowest BCUT2D eigenvalue weighted by atomic mass is 9.90. The normalized spacial score (nSPS) is 19.1. The molecule has 1 aliphatic carbocycles. The number of allylic oxidation sites excluding steroid dienone is 4. The van der Waals surface area contributed by atoms with Gasteiger partial charge in [0.15, 0.2) is 0 Å². The second kappa shape index (κ2) is 4.55. The van der Waals surface area contributed by atoms with E-state index >= 15 is 0 Å². The van der Waals surface area contributed by atoms with Crippen molar-refractivity contribution in [3.8, 4) is 11.1 Å². The Bertz CT molecular complexity index is 700. The van der Waals surface area contributed by atoms with Gasteiger partial charge < -0.3 is 0 Å². The number of hydrogen-bond donors (Lipinski definition) is 0. The summed E-state index contributed by atoms with van der Waals surface area (Å²) in [6.07, 6.45) is 4.45. The van der Waals surface area contributed by atoms with Gasteiger partial charge in [-0.3, -0.25) is 0 Å². The van der Waals surface area contributed by atoms with Crippen LogP contribution in [0.15, 0.2) is 54.6 Å². The molecule has 2 bridgehead atoms. The molecule has 0 aliphatic heterocycles. The summed E-state index contributed by atoms with van der Waals surface area (Å²) in [5.41, 5.74) is 9.36. The van der Waals surface area contributed by atoms with Gasteiger partial charge in [-0.25, -0.2) is 0 Å². The van der Waals surface area contributed by atoms with Gasteiger partial charge in [0.2, 0.25) is 0 Å². The highest BCUT2D eigenvalue weighted by Gasteiger charge is 2.12. The molecule has 0 saturated carbocycles. The van der Waals surface area contributed by atoms with E-state index in [0.717, 1.165) is 0 Å². The van der Waals surface area contributed by atoms with Crippen molar-refractivity contribution in [2.45, 2.75) is 20.8 Å². The topological polar surface area (TPSA) is 0 Å². The highest BCUT2D eigenvalue weighted by Crippen LogP contribution is 2.35. The van der Waals surface area contributed by atoms with Crippen molar-refractivity contribution >= 4 is 11.1 Å². The van der Waals surface area contributed by atoms with Crippen LogP contribution in [0.25, 0.3) is 22.3 Å². The molecule has 94 valence electrons. The molecule has 1 aliphatic rings. The van der Waals surface area contributed by atoms with Crippen molar-refractivity contribution in [2.75, 3.05) is 0 Å². The van der Waals surface area contributed by atoms with Gasteiger partial charge in [0, 0.05) is 0 Å². The van der Waals surface area contributed by atoms with Crippen LogP contribution in [-0.2, 0) is 0 Å². The first-order chi connectivity index (χ1) is 9.18. The lowest BCUT2D eigenvalue weighted by molar-refractivity contribution is 1.40. The van der Waals surface area contributed by atoms with Crippen LogP contribution >= 0.6 is 0 Å². The van der Waals surface area contributed by atoms with Crippen molar-refractivity contribution in [3.05, 3.63) is 71.3 Å². The summed E-state index contributed by atoms with van der Waals surface area (Å²) in [4.78, 5) is 0. The molecule has 0 atom stereocenters. The Morgan fingerprint density at radius 3 is 1.79 bits per heavy atom. The van der Waals surface area contributed by atoms with Gasteiger partial charge in [0.25, 0.3) is 0 Å². The molecule has 2 aromatic rings. The summed E-state index contributed by atoms with van der Waals surface area (Å²) in [6.45, 7) is 6.59. The standard InChI is InChI=1S/C19H18/c1-13-11-12-14(2)17-7-4-5-8-19(17)18-10-6-9-16(13)15(18)3/h4-12H,1-3H3/b13-11-,14-12+. The third-order valence-electron chi connectivity index (χ3n) is 3.98. The van der Waals surface area contributed by atoms with Gasteiger partial charge in [0.05, 0.1) is 0 Å². The summed E-state index contributed by atoms with van der Waals surface area (Å²) in [6, 6.07) is 15.3. The van der Waals surface area contributed by atoms with Crippen molar-refractivity contribution in [3.63, 3.8) is 0 Å². The highest BCUT2D eigenvalue weighted by atomic mass is 14.2. The minimum atomic E-state index is 1.32. The summed E-state index contributed by atoms with van der Waals surface area (Å²) < 4.78 is 0. The van der Waals surface area contributed by atoms with Crippen LogP contribution in [0.2, 0.25) is 0 Å². The quantitative estimate of drug-likeness (QED) is 0.577. The van der Waals surface area contributed by atoms with E-state index in [1.54, 1.807) is 0 Å². The van der Waals surface area contributed by atoms with E-state index in [1.165, 1.54) is 39.0 Å². The van der Waals surface area contributed by atoms with E-state index in [1.807, 2.05) is 0 Å². The number of benzene rings is 2. The lowest BCUT2D eigenvalue weighted by Crippen LogP contribution is -1.92. The second-order valence-electron chi connectivity index (χ2n) is 5.22. The Hall–Kier alpha value is -2.08. The number of rotatable bonds is 0. The summed E-state index contributed by atoms with van der Waals surface area (Å²) in [5, 5.41) is 0. The first-order valence-electron chi connectivity index (χ1n) is 6.73. The summed E-state index contributed by atoms with van der Waals surface area (Å²) in [5.74, 6) is 0. The van der Waals surface area contributed by atoms with Crippen LogP contribution in [0.4, 0.5) is 0 Å². The largest absolute Gasteiger partial charge is 0.0616 e. The Morgan fingerprint density at radius 1 is 0.526 bits per heavy atom. The molecule has 0 heterocycles. The average molecular weight is 246 g/mol. The molecule has 0 unspecified atom stereocenters. The van der Waals surface area contributed by atoms with Gasteiger partial charge >= 0.3 is 0 Å². The monoisotopic (exact) mass is 246 g/mol. The molecular weight excluding hydrogens is 228 g/mol. The summed E-state index contributed by atoms with van der Waals surface area (Å²) in [7, 11) is 0. The van der Waals surface area contributed by atoms with Gasteiger partial charge in [-0.2, -0.15) is 0 Å². The fraction of sp³-hybridized carbons (Fsp3) is 0.158. The SMILES string of the molecule is C/C1=C/C=C(\C)c2ccccc2-c2cccc1c2C. The lowest BCUT2D eigenvalue weighted by Gasteiger charge is -2.14. The Balaban J connectivity index is 2.43. The van der Waals surface area contributed by atoms with Gasteiger partial charge in [-0.15, -0.1) is 0 Å². The Kier molecular flexibility index (Phi) is 2.87. The molecule has 0 nitrogen and oxygen atoms in total. The van der Waals surface area contributed by atoms with Crippen LogP contribution in [0.5, 0.6) is 0 Å². The third kappa shape index (κ3) is 1.94. The van der Waals surface area contributed by atoms with Crippen molar-refractivity contribution in [1.82, 2.24) is 0 Å². The molecule has 0 aromatic heterocycles. The molecule has 0 saturated heterocycles. The van der Waals surface area contributed by atoms with Gasteiger partial charge in [-0.05, 0) is 59.7 Å². The van der Waals surface area contributed by atoms with Crippen LogP contribution < -0.4 is 0 Å². The zero-order valence-corrected chi connectivity index (χ0v) is 11.7. The third-order valence-corrected chi connectivity index (χ3v) is 3.98. The predicted molar refractivity (Wildman–Crippen MR) is 83.9 cm³/mol. The maximum Gasteiger partial charge on any atom is -0.0106 e. The van der Waals surface area contributed by atoms with E-state index in [9.17, 15) is 0 Å². The smallest absolute Gasteiger partial charge is 0.0106 e. The van der Waals surface area contributed by atoms with Crippen LogP contribution in [0, 0.1) is 6.92 Å². The van der Waals surface area contributed by atoms with Crippen LogP contribution in [0.3, 0.4) is 0 Å². The van der Waals surface area contributed by atoms with E-state index in [-0.39, 0.29) is 0 Å². The first-order valence-corrected chi connectivity index (χ1v) is 6.73. The molecule has 0 spiro atoms. The number of hydrogen-bond acceptors (Lipinski definition) is 0. The molecule has 3 rings (SSSR count). The average Bonchev–Trinajstić information content (AvgIpc) is 2.46.